The standard InChI is InChI=1S/C56H78N8O14/c1-33(2)28-35-14-19-38(20-15-35)34(3)49(69)61-46(31-48(67)68)53(73)59-26-8-6-12-42(57)51(71)60-32-36-16-22-40(23-17-36)50(70)62-45(30-37-18-21-39-10-4-5-11-41(39)29-37)52(72)58-27-9-7-13-43(54(74)75)63-56(78)64-44(55(76)77)24-25-47(65)66/h4-5,10-11,14-15,18-21,29,33-34,36,40,42-46H,6-9,12-13,16-17,22-28,30-32,57H2,1-3H3,(H,58,72)(H,59,73)(H,60,71)(H,61,69)(H,62,70)(H,65,66)(H,67,68)(H,74,75)(H,76,77)(H2,63,64,78)/i/hD. The Labute approximate surface area is 455 Å². The first-order valence-electron chi connectivity index (χ1n) is 27.3. The van der Waals surface area contributed by atoms with Gasteiger partial charge in [-0.2, -0.15) is 0 Å². The number of carbonyl (C=O) groups excluding carboxylic acids is 6. The average Bonchev–Trinajstić information content (AvgIpc) is 3.41. The van der Waals surface area contributed by atoms with E-state index in [1.807, 2.05) is 66.7 Å². The first kappa shape index (κ1) is 61.2. The highest BCUT2D eigenvalue weighted by atomic mass is 16.4. The summed E-state index contributed by atoms with van der Waals surface area (Å²) in [7, 11) is 0. The lowest BCUT2D eigenvalue weighted by Gasteiger charge is -2.29. The smallest absolute Gasteiger partial charge is 0.326 e. The number of rotatable bonds is 34. The van der Waals surface area contributed by atoms with E-state index in [9.17, 15) is 63.3 Å². The van der Waals surface area contributed by atoms with Crippen molar-refractivity contribution in [3.63, 3.8) is 0 Å². The van der Waals surface area contributed by atoms with Crippen LogP contribution < -0.4 is 42.9 Å². The number of hydrogen-bond acceptors (Lipinski definition) is 11. The number of carbonyl (C=O) groups is 10. The SMILES string of the molecule is [2H]NC(CCCCNC(=O)C(CC(=O)O)NC(=O)C(C)c1ccc(CC(C)C)cc1)C(=O)NCC1CCC(C(=O)NC(Cc2ccc3ccccc3c2)C(=O)NCCCCC(NC(=O)NC(CCC(=O)O)C(=O)O)C(=O)O)CC1. The third-order valence-corrected chi connectivity index (χ3v) is 13.8. The van der Waals surface area contributed by atoms with Crippen LogP contribution in [-0.2, 0) is 56.0 Å². The molecule has 0 saturated heterocycles. The van der Waals surface area contributed by atoms with E-state index in [1.54, 1.807) is 6.92 Å². The molecule has 1 saturated carbocycles. The lowest BCUT2D eigenvalue weighted by molar-refractivity contribution is -0.141. The summed E-state index contributed by atoms with van der Waals surface area (Å²) < 4.78 is 7.79. The molecule has 0 radical (unpaired) electrons. The quantitative estimate of drug-likeness (QED) is 0.0379. The Morgan fingerprint density at radius 1 is 0.577 bits per heavy atom. The predicted octanol–water partition coefficient (Wildman–Crippen LogP) is 3.72. The Balaban J connectivity index is 1.21. The van der Waals surface area contributed by atoms with Crippen molar-refractivity contribution in [1.82, 2.24) is 37.2 Å². The first-order valence-corrected chi connectivity index (χ1v) is 26.8. The van der Waals surface area contributed by atoms with E-state index >= 15 is 0 Å². The topological polar surface area (TPSA) is 362 Å². The molecule has 0 aliphatic heterocycles. The monoisotopic (exact) mass is 1090 g/mol. The van der Waals surface area contributed by atoms with Gasteiger partial charge in [-0.25, -0.2) is 14.4 Å². The Hall–Kier alpha value is -7.62. The summed E-state index contributed by atoms with van der Waals surface area (Å²) in [6.07, 6.45) is 3.33. The number of unbranched alkanes of at least 4 members (excludes halogenated alkanes) is 2. The summed E-state index contributed by atoms with van der Waals surface area (Å²) in [4.78, 5) is 125. The largest absolute Gasteiger partial charge is 0.481 e. The number of carboxylic acids is 4. The third-order valence-electron chi connectivity index (χ3n) is 13.8. The molecule has 0 spiro atoms. The van der Waals surface area contributed by atoms with Gasteiger partial charge in [0, 0.05) is 38.4 Å². The van der Waals surface area contributed by atoms with Gasteiger partial charge in [0.25, 0.3) is 0 Å². The number of amides is 7. The predicted molar refractivity (Wildman–Crippen MR) is 289 cm³/mol. The maximum absolute atomic E-state index is 13.8. The van der Waals surface area contributed by atoms with Crippen molar-refractivity contribution in [2.45, 2.75) is 153 Å². The number of hydrogen-bond donors (Lipinski definition) is 12. The molecule has 1 fully saturated rings. The number of nitrogens with two attached hydrogens (primary N) is 1. The normalized spacial score (nSPS) is 16.6. The highest BCUT2D eigenvalue weighted by Gasteiger charge is 2.31. The van der Waals surface area contributed by atoms with Crippen LogP contribution in [0, 0.1) is 17.8 Å². The second kappa shape index (κ2) is 32.2. The van der Waals surface area contributed by atoms with Crippen LogP contribution in [0.5, 0.6) is 0 Å². The van der Waals surface area contributed by atoms with E-state index in [-0.39, 0.29) is 56.5 Å². The molecule has 4 rings (SSSR count). The van der Waals surface area contributed by atoms with Crippen LogP contribution in [0.3, 0.4) is 0 Å². The summed E-state index contributed by atoms with van der Waals surface area (Å²) in [5.74, 6) is -8.13. The molecule has 0 bridgehead atoms. The molecule has 6 unspecified atom stereocenters. The highest BCUT2D eigenvalue weighted by Crippen LogP contribution is 2.29. The van der Waals surface area contributed by atoms with Crippen LogP contribution in [0.1, 0.15) is 127 Å². The minimum absolute atomic E-state index is 0.0552. The second-order valence-corrected chi connectivity index (χ2v) is 20.6. The molecule has 1 aliphatic rings. The zero-order valence-corrected chi connectivity index (χ0v) is 44.6. The molecule has 7 amide bonds. The average molecular weight is 1090 g/mol. The fourth-order valence-electron chi connectivity index (χ4n) is 9.23. The number of benzene rings is 3. The Kier molecular flexibility index (Phi) is 25.3. The minimum Gasteiger partial charge on any atom is -0.481 e. The molecule has 6 atom stereocenters. The van der Waals surface area contributed by atoms with Crippen LogP contribution in [0.2, 0.25) is 1.41 Å². The van der Waals surface area contributed by atoms with Crippen LogP contribution in [0.15, 0.2) is 66.7 Å². The molecule has 1 aliphatic carbocycles. The lowest BCUT2D eigenvalue weighted by atomic mass is 9.81. The molecule has 78 heavy (non-hydrogen) atoms. The first-order chi connectivity index (χ1) is 37.6. The van der Waals surface area contributed by atoms with Crippen molar-refractivity contribution in [2.75, 3.05) is 19.6 Å². The van der Waals surface area contributed by atoms with Gasteiger partial charge in [0.05, 0.1) is 18.4 Å². The van der Waals surface area contributed by atoms with Gasteiger partial charge >= 0.3 is 29.9 Å². The zero-order chi connectivity index (χ0) is 58.0. The molecule has 22 heteroatoms. The van der Waals surface area contributed by atoms with Crippen molar-refractivity contribution in [1.29, 1.82) is 0 Å². The maximum Gasteiger partial charge on any atom is 0.326 e. The second-order valence-electron chi connectivity index (χ2n) is 20.6. The van der Waals surface area contributed by atoms with Crippen LogP contribution >= 0.6 is 0 Å². The molecule has 0 heterocycles. The molecule has 426 valence electrons. The van der Waals surface area contributed by atoms with Crippen molar-refractivity contribution in [3.8, 4) is 0 Å². The van der Waals surface area contributed by atoms with Gasteiger partial charge in [-0.15, -0.1) is 0 Å². The number of carboxylic acid groups (broad SMARTS) is 4. The highest BCUT2D eigenvalue weighted by molar-refractivity contribution is 5.93. The van der Waals surface area contributed by atoms with Crippen molar-refractivity contribution in [2.24, 2.45) is 23.5 Å². The van der Waals surface area contributed by atoms with Crippen molar-refractivity contribution in [3.05, 3.63) is 83.4 Å². The number of urea groups is 1. The van der Waals surface area contributed by atoms with Crippen LogP contribution in [0.4, 0.5) is 4.79 Å². The van der Waals surface area contributed by atoms with E-state index in [1.165, 1.54) is 0 Å². The van der Waals surface area contributed by atoms with Crippen molar-refractivity contribution < 1.29 is 69.8 Å². The van der Waals surface area contributed by atoms with E-state index in [0.717, 1.165) is 33.9 Å². The van der Waals surface area contributed by atoms with E-state index < -0.39 is 109 Å². The van der Waals surface area contributed by atoms with Crippen LogP contribution in [-0.4, -0.2) is 130 Å². The van der Waals surface area contributed by atoms with Crippen LogP contribution in [0.25, 0.3) is 10.8 Å². The summed E-state index contributed by atoms with van der Waals surface area (Å²) in [5, 5.41) is 57.5. The fourth-order valence-corrected chi connectivity index (χ4v) is 9.23. The van der Waals surface area contributed by atoms with Gasteiger partial charge < -0.3 is 63.4 Å². The van der Waals surface area contributed by atoms with Gasteiger partial charge in [0.15, 0.2) is 0 Å². The molecule has 3 aromatic rings. The summed E-state index contributed by atoms with van der Waals surface area (Å²) in [5.41, 5.74) is 4.97. The molecule has 3 aromatic carbocycles. The van der Waals surface area contributed by atoms with E-state index in [4.69, 9.17) is 6.52 Å². The molecule has 22 nitrogen and oxygen atoms in total. The Morgan fingerprint density at radius 3 is 1.76 bits per heavy atom. The number of nitrogens with one attached hydrogen (secondary N) is 7. The zero-order valence-electron chi connectivity index (χ0n) is 45.6. The van der Waals surface area contributed by atoms with Gasteiger partial charge in [-0.3, -0.25) is 33.6 Å². The molecular weight excluding hydrogens is 1010 g/mol. The minimum atomic E-state index is -1.55. The van der Waals surface area contributed by atoms with Gasteiger partial charge in [-0.1, -0.05) is 80.6 Å². The third kappa shape index (κ3) is 22.2. The lowest BCUT2D eigenvalue weighted by Crippen LogP contribution is -2.51. The van der Waals surface area contributed by atoms with Crippen molar-refractivity contribution >= 4 is 70.2 Å². The maximum atomic E-state index is 13.8. The van der Waals surface area contributed by atoms with Gasteiger partial charge in [0.2, 0.25) is 29.5 Å². The molecule has 13 N–H and O–H groups in total. The molecular formula is C56H78N8O14. The number of fused-ring (bicyclic) bond motifs is 1. The van der Waals surface area contributed by atoms with Gasteiger partial charge in [-0.05, 0) is 123 Å². The number of aliphatic carboxylic acids is 4. The fraction of sp³-hybridized carbons (Fsp3) is 0.536. The summed E-state index contributed by atoms with van der Waals surface area (Å²) >= 11 is 0. The molecule has 0 aromatic heterocycles. The summed E-state index contributed by atoms with van der Waals surface area (Å²) in [6, 6.07) is 13.9. The Morgan fingerprint density at radius 2 is 1.17 bits per heavy atom. The van der Waals surface area contributed by atoms with E-state index in [2.05, 4.69) is 56.8 Å². The van der Waals surface area contributed by atoms with E-state index in [0.29, 0.717) is 57.4 Å². The summed E-state index contributed by atoms with van der Waals surface area (Å²) in [6.45, 7) is 6.50. The van der Waals surface area contributed by atoms with Gasteiger partial charge in [0.1, 0.15) is 25.6 Å². The Bertz CT molecular complexity index is 2560.